The van der Waals surface area contributed by atoms with E-state index in [9.17, 15) is 14.7 Å². The predicted molar refractivity (Wildman–Crippen MR) is 123 cm³/mol. The Balaban J connectivity index is 1.94. The molecule has 0 radical (unpaired) electrons. The lowest BCUT2D eigenvalue weighted by Crippen LogP contribution is -2.12. The SMILES string of the molecule is COC(=O)c1c(Nc2ccc(C(=O)O)cc2O)nnc(-c2ccccc2)c1-c1ccccc1. The van der Waals surface area contributed by atoms with Crippen molar-refractivity contribution in [3.63, 3.8) is 0 Å². The molecule has 1 heterocycles. The van der Waals surface area contributed by atoms with Crippen molar-refractivity contribution in [3.05, 3.63) is 90.0 Å². The van der Waals surface area contributed by atoms with E-state index in [1.54, 1.807) is 0 Å². The van der Waals surface area contributed by atoms with Gasteiger partial charge in [0.05, 0.1) is 18.4 Å². The number of carbonyl (C=O) groups is 2. The number of nitrogens with one attached hydrogen (secondary N) is 1. The lowest BCUT2D eigenvalue weighted by Gasteiger charge is -2.17. The van der Waals surface area contributed by atoms with Crippen LogP contribution >= 0.6 is 0 Å². The number of anilines is 2. The van der Waals surface area contributed by atoms with Crippen LogP contribution < -0.4 is 5.32 Å². The van der Waals surface area contributed by atoms with Crippen molar-refractivity contribution in [2.24, 2.45) is 0 Å². The zero-order valence-corrected chi connectivity index (χ0v) is 17.5. The van der Waals surface area contributed by atoms with Gasteiger partial charge in [-0.2, -0.15) is 0 Å². The molecule has 0 atom stereocenters. The average Bonchev–Trinajstić information content (AvgIpc) is 2.85. The highest BCUT2D eigenvalue weighted by Crippen LogP contribution is 2.38. The van der Waals surface area contributed by atoms with E-state index < -0.39 is 11.9 Å². The van der Waals surface area contributed by atoms with E-state index >= 15 is 0 Å². The molecule has 3 aromatic carbocycles. The molecule has 0 fully saturated rings. The zero-order valence-electron chi connectivity index (χ0n) is 17.5. The van der Waals surface area contributed by atoms with Gasteiger partial charge in [-0.15, -0.1) is 10.2 Å². The highest BCUT2D eigenvalue weighted by Gasteiger charge is 2.26. The maximum absolute atomic E-state index is 13.0. The fourth-order valence-corrected chi connectivity index (χ4v) is 3.41. The van der Waals surface area contributed by atoms with Gasteiger partial charge in [-0.05, 0) is 23.8 Å². The summed E-state index contributed by atoms with van der Waals surface area (Å²) in [4.78, 5) is 24.1. The normalized spacial score (nSPS) is 10.5. The van der Waals surface area contributed by atoms with Gasteiger partial charge in [-0.1, -0.05) is 60.7 Å². The van der Waals surface area contributed by atoms with Crippen molar-refractivity contribution in [1.82, 2.24) is 10.2 Å². The van der Waals surface area contributed by atoms with Gasteiger partial charge in [-0.25, -0.2) is 9.59 Å². The molecule has 164 valence electrons. The van der Waals surface area contributed by atoms with E-state index in [2.05, 4.69) is 15.5 Å². The van der Waals surface area contributed by atoms with Crippen LogP contribution in [0.25, 0.3) is 22.4 Å². The van der Waals surface area contributed by atoms with Crippen molar-refractivity contribution >= 4 is 23.4 Å². The van der Waals surface area contributed by atoms with Crippen LogP contribution in [0.15, 0.2) is 78.9 Å². The first-order valence-corrected chi connectivity index (χ1v) is 9.92. The van der Waals surface area contributed by atoms with Crippen molar-refractivity contribution in [2.45, 2.75) is 0 Å². The monoisotopic (exact) mass is 441 g/mol. The van der Waals surface area contributed by atoms with Crippen LogP contribution in [0.2, 0.25) is 0 Å². The number of carboxylic acid groups (broad SMARTS) is 1. The summed E-state index contributed by atoms with van der Waals surface area (Å²) < 4.78 is 5.06. The molecule has 0 aliphatic heterocycles. The lowest BCUT2D eigenvalue weighted by molar-refractivity contribution is 0.0601. The van der Waals surface area contributed by atoms with E-state index in [0.717, 1.165) is 17.2 Å². The summed E-state index contributed by atoms with van der Waals surface area (Å²) in [7, 11) is 1.27. The first kappa shape index (κ1) is 21.5. The number of esters is 1. The van der Waals surface area contributed by atoms with Crippen LogP contribution in [0.1, 0.15) is 20.7 Å². The molecule has 4 rings (SSSR count). The molecule has 4 aromatic rings. The number of phenols is 1. The third-order valence-corrected chi connectivity index (χ3v) is 4.97. The van der Waals surface area contributed by atoms with Crippen LogP contribution in [0.5, 0.6) is 5.75 Å². The van der Waals surface area contributed by atoms with E-state index in [0.29, 0.717) is 11.3 Å². The van der Waals surface area contributed by atoms with Crippen molar-refractivity contribution in [2.75, 3.05) is 12.4 Å². The smallest absolute Gasteiger partial charge is 0.342 e. The molecule has 0 saturated carbocycles. The number of ether oxygens (including phenoxy) is 1. The summed E-state index contributed by atoms with van der Waals surface area (Å²) in [6.07, 6.45) is 0. The van der Waals surface area contributed by atoms with Gasteiger partial charge < -0.3 is 20.3 Å². The molecular formula is C25H19N3O5. The second kappa shape index (κ2) is 9.19. The molecule has 0 amide bonds. The van der Waals surface area contributed by atoms with Crippen LogP contribution in [-0.4, -0.2) is 39.5 Å². The Labute approximate surface area is 189 Å². The maximum atomic E-state index is 13.0. The van der Waals surface area contributed by atoms with Gasteiger partial charge in [0.15, 0.2) is 5.82 Å². The van der Waals surface area contributed by atoms with Crippen molar-refractivity contribution < 1.29 is 24.5 Å². The quantitative estimate of drug-likeness (QED) is 0.290. The molecule has 0 aliphatic carbocycles. The molecular weight excluding hydrogens is 422 g/mol. The molecule has 3 N–H and O–H groups in total. The van der Waals surface area contributed by atoms with Gasteiger partial charge in [-0.3, -0.25) is 0 Å². The van der Waals surface area contributed by atoms with Gasteiger partial charge >= 0.3 is 11.9 Å². The number of hydrogen-bond acceptors (Lipinski definition) is 7. The lowest BCUT2D eigenvalue weighted by atomic mass is 9.95. The fourth-order valence-electron chi connectivity index (χ4n) is 3.41. The van der Waals surface area contributed by atoms with E-state index in [4.69, 9.17) is 9.84 Å². The van der Waals surface area contributed by atoms with Gasteiger partial charge in [0.1, 0.15) is 17.0 Å². The van der Waals surface area contributed by atoms with Crippen LogP contribution in [0.4, 0.5) is 11.5 Å². The Morgan fingerprint density at radius 1 is 0.879 bits per heavy atom. The Kier molecular flexibility index (Phi) is 5.99. The van der Waals surface area contributed by atoms with Gasteiger partial charge in [0.25, 0.3) is 0 Å². The molecule has 1 aromatic heterocycles. The number of aromatic nitrogens is 2. The van der Waals surface area contributed by atoms with E-state index in [-0.39, 0.29) is 28.4 Å². The highest BCUT2D eigenvalue weighted by atomic mass is 16.5. The number of aromatic carboxylic acids is 1. The summed E-state index contributed by atoms with van der Waals surface area (Å²) in [6, 6.07) is 22.4. The number of nitrogens with zero attached hydrogens (tertiary/aromatic N) is 2. The number of hydrogen-bond donors (Lipinski definition) is 3. The van der Waals surface area contributed by atoms with Crippen LogP contribution in [-0.2, 0) is 4.74 Å². The molecule has 0 saturated heterocycles. The molecule has 8 nitrogen and oxygen atoms in total. The number of aromatic hydroxyl groups is 1. The summed E-state index contributed by atoms with van der Waals surface area (Å²) in [6.45, 7) is 0. The minimum atomic E-state index is -1.18. The molecule has 8 heteroatoms. The second-order valence-corrected chi connectivity index (χ2v) is 7.03. The average molecular weight is 441 g/mol. The van der Waals surface area contributed by atoms with Crippen molar-refractivity contribution in [1.29, 1.82) is 0 Å². The first-order valence-electron chi connectivity index (χ1n) is 9.92. The summed E-state index contributed by atoms with van der Waals surface area (Å²) in [5.74, 6) is -2.09. The number of phenolic OH excluding ortho intramolecular Hbond substituents is 1. The Morgan fingerprint density at radius 2 is 1.52 bits per heavy atom. The Hall–Kier alpha value is -4.72. The standard InChI is InChI=1S/C25H19N3O5/c1-33-25(32)21-20(15-8-4-2-5-9-15)22(16-10-6-3-7-11-16)27-28-23(21)26-18-13-12-17(24(30)31)14-19(18)29/h2-14,29H,1H3,(H,26,28)(H,30,31). The van der Waals surface area contributed by atoms with Gasteiger partial charge in [0.2, 0.25) is 0 Å². The largest absolute Gasteiger partial charge is 0.506 e. The molecule has 0 unspecified atom stereocenters. The third-order valence-electron chi connectivity index (χ3n) is 4.97. The Bertz CT molecular complexity index is 1320. The first-order chi connectivity index (χ1) is 16.0. The summed E-state index contributed by atoms with van der Waals surface area (Å²) >= 11 is 0. The molecule has 0 aliphatic rings. The van der Waals surface area contributed by atoms with E-state index in [1.807, 2.05) is 60.7 Å². The van der Waals surface area contributed by atoms with Gasteiger partial charge in [0, 0.05) is 11.1 Å². The fraction of sp³-hybridized carbons (Fsp3) is 0.0400. The molecule has 33 heavy (non-hydrogen) atoms. The number of carboxylic acids is 1. The topological polar surface area (TPSA) is 122 Å². The number of rotatable bonds is 6. The van der Waals surface area contributed by atoms with Crippen molar-refractivity contribution in [3.8, 4) is 28.1 Å². The highest BCUT2D eigenvalue weighted by molar-refractivity contribution is 6.05. The summed E-state index contributed by atoms with van der Waals surface area (Å²) in [5, 5.41) is 30.9. The van der Waals surface area contributed by atoms with Crippen LogP contribution in [0, 0.1) is 0 Å². The maximum Gasteiger partial charge on any atom is 0.342 e. The zero-order chi connectivity index (χ0) is 23.4. The van der Waals surface area contributed by atoms with Crippen LogP contribution in [0.3, 0.4) is 0 Å². The minimum Gasteiger partial charge on any atom is -0.506 e. The third kappa shape index (κ3) is 4.35. The molecule has 0 spiro atoms. The van der Waals surface area contributed by atoms with E-state index in [1.165, 1.54) is 19.2 Å². The predicted octanol–water partition coefficient (Wildman–Crippen LogP) is 4.74. The number of benzene rings is 3. The Morgan fingerprint density at radius 3 is 2.09 bits per heavy atom. The summed E-state index contributed by atoms with van der Waals surface area (Å²) in [5.41, 5.74) is 2.67. The second-order valence-electron chi connectivity index (χ2n) is 7.03. The number of methoxy groups -OCH3 is 1. The number of carbonyl (C=O) groups excluding carboxylic acids is 1. The minimum absolute atomic E-state index is 0.0544. The molecule has 0 bridgehead atoms.